The Bertz CT molecular complexity index is 375. The number of hydrogen-bond donors (Lipinski definition) is 2. The van der Waals surface area contributed by atoms with Crippen molar-refractivity contribution in [1.29, 1.82) is 0 Å². The zero-order valence-electron chi connectivity index (χ0n) is 11.6. The molecule has 0 aromatic heterocycles. The van der Waals surface area contributed by atoms with Crippen LogP contribution < -0.4 is 5.73 Å². The van der Waals surface area contributed by atoms with Gasteiger partial charge in [0.15, 0.2) is 0 Å². The van der Waals surface area contributed by atoms with Crippen LogP contribution in [0.3, 0.4) is 0 Å². The fourth-order valence-electron chi connectivity index (χ4n) is 2.89. The van der Waals surface area contributed by atoms with Crippen LogP contribution in [0.25, 0.3) is 0 Å². The van der Waals surface area contributed by atoms with Crippen LogP contribution in [0.4, 0.5) is 0 Å². The SMILES string of the molecule is CC1OCCC1C(=O)N1CCC(C)(C(N)=NO)CC1. The maximum Gasteiger partial charge on any atom is 0.228 e. The molecule has 0 radical (unpaired) electrons. The molecule has 0 aromatic rings. The number of oxime groups is 1. The molecular weight excluding hydrogens is 246 g/mol. The van der Waals surface area contributed by atoms with Crippen LogP contribution in [0.5, 0.6) is 0 Å². The van der Waals surface area contributed by atoms with E-state index < -0.39 is 0 Å². The minimum atomic E-state index is -0.302. The van der Waals surface area contributed by atoms with Crippen molar-refractivity contribution in [2.45, 2.75) is 39.2 Å². The van der Waals surface area contributed by atoms with Gasteiger partial charge in [-0.25, -0.2) is 0 Å². The molecule has 2 rings (SSSR count). The zero-order valence-corrected chi connectivity index (χ0v) is 11.6. The van der Waals surface area contributed by atoms with E-state index in [2.05, 4.69) is 5.16 Å². The third-order valence-corrected chi connectivity index (χ3v) is 4.60. The molecule has 2 atom stereocenters. The fraction of sp³-hybridized carbons (Fsp3) is 0.846. The van der Waals surface area contributed by atoms with Crippen molar-refractivity contribution >= 4 is 11.7 Å². The highest BCUT2D eigenvalue weighted by atomic mass is 16.5. The van der Waals surface area contributed by atoms with Crippen LogP contribution in [0.15, 0.2) is 5.16 Å². The Morgan fingerprint density at radius 3 is 2.58 bits per heavy atom. The Morgan fingerprint density at radius 1 is 1.47 bits per heavy atom. The summed E-state index contributed by atoms with van der Waals surface area (Å²) in [5, 5.41) is 11.9. The van der Waals surface area contributed by atoms with Crippen LogP contribution in [0.1, 0.15) is 33.1 Å². The van der Waals surface area contributed by atoms with E-state index in [1.807, 2.05) is 18.7 Å². The van der Waals surface area contributed by atoms with Gasteiger partial charge in [-0.2, -0.15) is 0 Å². The smallest absolute Gasteiger partial charge is 0.228 e. The summed E-state index contributed by atoms with van der Waals surface area (Å²) in [6.07, 6.45) is 2.30. The van der Waals surface area contributed by atoms with Gasteiger partial charge in [0.1, 0.15) is 5.84 Å². The standard InChI is InChI=1S/C13H23N3O3/c1-9-10(3-8-19-9)11(17)16-6-4-13(2,5-7-16)12(14)15-18/h9-10,18H,3-8H2,1-2H3,(H2,14,15). The molecule has 2 saturated heterocycles. The number of carbonyl (C=O) groups excluding carboxylic acids is 1. The van der Waals surface area contributed by atoms with Gasteiger partial charge in [-0.05, 0) is 26.2 Å². The lowest BCUT2D eigenvalue weighted by atomic mass is 9.79. The molecule has 19 heavy (non-hydrogen) atoms. The molecule has 0 bridgehead atoms. The number of piperidine rings is 1. The summed E-state index contributed by atoms with van der Waals surface area (Å²) in [5.74, 6) is 0.442. The number of rotatable bonds is 2. The second-order valence-electron chi connectivity index (χ2n) is 5.84. The first-order valence-corrected chi connectivity index (χ1v) is 6.86. The first kappa shape index (κ1) is 14.1. The molecule has 0 aromatic carbocycles. The average Bonchev–Trinajstić information content (AvgIpc) is 2.84. The van der Waals surface area contributed by atoms with Crippen molar-refractivity contribution in [1.82, 2.24) is 4.90 Å². The van der Waals surface area contributed by atoms with Gasteiger partial charge in [0.05, 0.1) is 12.0 Å². The van der Waals surface area contributed by atoms with Crippen LogP contribution in [-0.2, 0) is 9.53 Å². The predicted molar refractivity (Wildman–Crippen MR) is 70.9 cm³/mol. The molecule has 108 valence electrons. The minimum Gasteiger partial charge on any atom is -0.409 e. The van der Waals surface area contributed by atoms with Gasteiger partial charge in [0.25, 0.3) is 0 Å². The van der Waals surface area contributed by atoms with E-state index >= 15 is 0 Å². The fourth-order valence-corrected chi connectivity index (χ4v) is 2.89. The number of carbonyl (C=O) groups is 1. The van der Waals surface area contributed by atoms with Gasteiger partial charge in [-0.1, -0.05) is 12.1 Å². The van der Waals surface area contributed by atoms with Gasteiger partial charge >= 0.3 is 0 Å². The lowest BCUT2D eigenvalue weighted by Crippen LogP contribution is -2.49. The van der Waals surface area contributed by atoms with Gasteiger partial charge in [0, 0.05) is 25.1 Å². The number of likely N-dealkylation sites (tertiary alicyclic amines) is 1. The van der Waals surface area contributed by atoms with E-state index in [-0.39, 0.29) is 29.2 Å². The number of hydrogen-bond acceptors (Lipinski definition) is 4. The number of amides is 1. The first-order valence-electron chi connectivity index (χ1n) is 6.86. The molecule has 2 aliphatic heterocycles. The molecule has 2 heterocycles. The van der Waals surface area contributed by atoms with Crippen LogP contribution in [-0.4, -0.2) is 47.7 Å². The number of amidine groups is 1. The molecule has 0 aliphatic carbocycles. The van der Waals surface area contributed by atoms with Crippen molar-refractivity contribution in [3.8, 4) is 0 Å². The molecule has 1 amide bonds. The zero-order chi connectivity index (χ0) is 14.0. The van der Waals surface area contributed by atoms with E-state index in [9.17, 15) is 4.79 Å². The molecule has 3 N–H and O–H groups in total. The monoisotopic (exact) mass is 269 g/mol. The summed E-state index contributed by atoms with van der Waals surface area (Å²) in [4.78, 5) is 14.3. The van der Waals surface area contributed by atoms with Gasteiger partial charge in [-0.15, -0.1) is 0 Å². The van der Waals surface area contributed by atoms with E-state index in [1.165, 1.54) is 0 Å². The molecule has 2 aliphatic rings. The molecule has 2 fully saturated rings. The Hall–Kier alpha value is -1.30. The lowest BCUT2D eigenvalue weighted by molar-refractivity contribution is -0.138. The van der Waals surface area contributed by atoms with Crippen molar-refractivity contribution in [3.63, 3.8) is 0 Å². The van der Waals surface area contributed by atoms with Crippen LogP contribution in [0, 0.1) is 11.3 Å². The summed E-state index contributed by atoms with van der Waals surface area (Å²) in [6, 6.07) is 0. The Balaban J connectivity index is 1.95. The molecular formula is C13H23N3O3. The third-order valence-electron chi connectivity index (χ3n) is 4.60. The second kappa shape index (κ2) is 5.36. The summed E-state index contributed by atoms with van der Waals surface area (Å²) in [6.45, 7) is 5.93. The molecule has 2 unspecified atom stereocenters. The first-order chi connectivity index (χ1) is 8.98. The third kappa shape index (κ3) is 2.68. The quantitative estimate of drug-likeness (QED) is 0.336. The highest BCUT2D eigenvalue weighted by molar-refractivity contribution is 5.86. The van der Waals surface area contributed by atoms with E-state index in [1.54, 1.807) is 0 Å². The van der Waals surface area contributed by atoms with Crippen LogP contribution in [0.2, 0.25) is 0 Å². The number of nitrogens with two attached hydrogens (primary N) is 1. The molecule has 0 saturated carbocycles. The maximum absolute atomic E-state index is 12.4. The topological polar surface area (TPSA) is 88.2 Å². The van der Waals surface area contributed by atoms with E-state index in [4.69, 9.17) is 15.7 Å². The molecule has 6 heteroatoms. The largest absolute Gasteiger partial charge is 0.409 e. The highest BCUT2D eigenvalue weighted by Crippen LogP contribution is 2.33. The summed E-state index contributed by atoms with van der Waals surface area (Å²) >= 11 is 0. The van der Waals surface area contributed by atoms with Crippen LogP contribution >= 0.6 is 0 Å². The normalized spacial score (nSPS) is 31.5. The van der Waals surface area contributed by atoms with Crippen molar-refractivity contribution in [2.75, 3.05) is 19.7 Å². The maximum atomic E-state index is 12.4. The van der Waals surface area contributed by atoms with Gasteiger partial charge < -0.3 is 20.6 Å². The van der Waals surface area contributed by atoms with Crippen molar-refractivity contribution in [3.05, 3.63) is 0 Å². The van der Waals surface area contributed by atoms with Gasteiger partial charge in [-0.3, -0.25) is 4.79 Å². The number of nitrogens with zero attached hydrogens (tertiary/aromatic N) is 2. The highest BCUT2D eigenvalue weighted by Gasteiger charge is 2.39. The lowest BCUT2D eigenvalue weighted by Gasteiger charge is -2.39. The predicted octanol–water partition coefficient (Wildman–Crippen LogP) is 0.786. The van der Waals surface area contributed by atoms with Gasteiger partial charge in [0.2, 0.25) is 5.91 Å². The average molecular weight is 269 g/mol. The minimum absolute atomic E-state index is 0.00629. The van der Waals surface area contributed by atoms with Crippen molar-refractivity contribution in [2.24, 2.45) is 22.2 Å². The Kier molecular flexibility index (Phi) is 3.99. The summed E-state index contributed by atoms with van der Waals surface area (Å²) in [7, 11) is 0. The summed E-state index contributed by atoms with van der Waals surface area (Å²) in [5.41, 5.74) is 5.42. The second-order valence-corrected chi connectivity index (χ2v) is 5.84. The Morgan fingerprint density at radius 2 is 2.11 bits per heavy atom. The number of ether oxygens (including phenoxy) is 1. The van der Waals surface area contributed by atoms with E-state index in [0.717, 1.165) is 19.3 Å². The molecule has 6 nitrogen and oxygen atoms in total. The Labute approximate surface area is 113 Å². The van der Waals surface area contributed by atoms with Crippen molar-refractivity contribution < 1.29 is 14.7 Å². The molecule has 0 spiro atoms. The summed E-state index contributed by atoms with van der Waals surface area (Å²) < 4.78 is 5.45. The van der Waals surface area contributed by atoms with E-state index in [0.29, 0.717) is 19.7 Å².